The number of nitrogens with zero attached hydrogens (tertiary/aromatic N) is 2. The van der Waals surface area contributed by atoms with Gasteiger partial charge in [-0.1, -0.05) is 12.1 Å². The number of hydrogen-bond acceptors (Lipinski definition) is 4. The van der Waals surface area contributed by atoms with E-state index in [9.17, 15) is 9.59 Å². The molecule has 0 aliphatic carbocycles. The summed E-state index contributed by atoms with van der Waals surface area (Å²) in [6.07, 6.45) is 3.93. The number of thioether (sulfide) groups is 1. The fourth-order valence-electron chi connectivity index (χ4n) is 3.39. The molecule has 1 aromatic carbocycles. The topological polar surface area (TPSA) is 52.7 Å². The van der Waals surface area contributed by atoms with Crippen LogP contribution in [0.4, 0.5) is 0 Å². The average molecular weight is 333 g/mol. The molecule has 1 unspecified atom stereocenters. The number of piperidine rings is 1. The lowest BCUT2D eigenvalue weighted by Gasteiger charge is -2.41. The molecule has 5 nitrogen and oxygen atoms in total. The molecule has 2 saturated heterocycles. The third kappa shape index (κ3) is 3.53. The van der Waals surface area contributed by atoms with Crippen LogP contribution in [0.3, 0.4) is 0 Å². The number of carbonyl (C=O) groups excluding carboxylic acids is 2. The van der Waals surface area contributed by atoms with Gasteiger partial charge in [-0.3, -0.25) is 9.59 Å². The Morgan fingerprint density at radius 3 is 2.91 bits per heavy atom. The van der Waals surface area contributed by atoms with Gasteiger partial charge in [0.15, 0.2) is 0 Å². The minimum Gasteiger partial charge on any atom is -0.337 e. The van der Waals surface area contributed by atoms with Crippen molar-refractivity contribution in [3.63, 3.8) is 0 Å². The highest BCUT2D eigenvalue weighted by atomic mass is 32.2. The molecule has 1 atom stereocenters. The number of amides is 2. The maximum atomic E-state index is 12.9. The Morgan fingerprint density at radius 2 is 2.13 bits per heavy atom. The quantitative estimate of drug-likeness (QED) is 0.851. The summed E-state index contributed by atoms with van der Waals surface area (Å²) >= 11 is 1.60. The number of benzene rings is 1. The van der Waals surface area contributed by atoms with Crippen LogP contribution in [0.1, 0.15) is 23.2 Å². The summed E-state index contributed by atoms with van der Waals surface area (Å²) in [4.78, 5) is 29.9. The molecular formula is C17H23N3O2S. The van der Waals surface area contributed by atoms with E-state index in [1.165, 1.54) is 0 Å². The molecule has 124 valence electrons. The fourth-order valence-corrected chi connectivity index (χ4v) is 3.98. The van der Waals surface area contributed by atoms with Crippen LogP contribution in [0.5, 0.6) is 0 Å². The zero-order chi connectivity index (χ0) is 16.2. The van der Waals surface area contributed by atoms with Crippen molar-refractivity contribution >= 4 is 23.6 Å². The van der Waals surface area contributed by atoms with Gasteiger partial charge in [-0.15, -0.1) is 11.8 Å². The Bertz CT molecular complexity index is 593. The van der Waals surface area contributed by atoms with Crippen molar-refractivity contribution in [2.75, 3.05) is 39.0 Å². The van der Waals surface area contributed by atoms with Gasteiger partial charge in [0.05, 0.1) is 12.1 Å². The van der Waals surface area contributed by atoms with E-state index >= 15 is 0 Å². The van der Waals surface area contributed by atoms with Crippen molar-refractivity contribution in [2.24, 2.45) is 0 Å². The number of nitrogens with one attached hydrogen (secondary N) is 1. The first-order valence-corrected chi connectivity index (χ1v) is 9.35. The second kappa shape index (κ2) is 7.36. The van der Waals surface area contributed by atoms with Crippen LogP contribution in [-0.2, 0) is 4.79 Å². The Hall–Kier alpha value is -1.53. The number of carbonyl (C=O) groups is 2. The van der Waals surface area contributed by atoms with Crippen LogP contribution >= 0.6 is 11.8 Å². The van der Waals surface area contributed by atoms with Crippen LogP contribution in [0.2, 0.25) is 0 Å². The van der Waals surface area contributed by atoms with E-state index in [-0.39, 0.29) is 17.9 Å². The van der Waals surface area contributed by atoms with Crippen molar-refractivity contribution in [2.45, 2.75) is 23.8 Å². The molecule has 2 fully saturated rings. The molecule has 0 aromatic heterocycles. The predicted molar refractivity (Wildman–Crippen MR) is 91.7 cm³/mol. The third-order valence-electron chi connectivity index (χ3n) is 4.59. The smallest absolute Gasteiger partial charge is 0.255 e. The molecule has 3 rings (SSSR count). The Balaban J connectivity index is 1.73. The third-order valence-corrected chi connectivity index (χ3v) is 5.38. The summed E-state index contributed by atoms with van der Waals surface area (Å²) in [7, 11) is 0. The lowest BCUT2D eigenvalue weighted by Crippen LogP contribution is -2.57. The molecule has 0 radical (unpaired) electrons. The van der Waals surface area contributed by atoms with Crippen LogP contribution < -0.4 is 5.32 Å². The van der Waals surface area contributed by atoms with Crippen molar-refractivity contribution < 1.29 is 9.59 Å². The van der Waals surface area contributed by atoms with E-state index in [0.717, 1.165) is 42.9 Å². The fraction of sp³-hybridized carbons (Fsp3) is 0.529. The minimum atomic E-state index is 0.0854. The number of likely N-dealkylation sites (tertiary alicyclic amines) is 1. The Labute approximate surface area is 141 Å². The highest BCUT2D eigenvalue weighted by Crippen LogP contribution is 2.24. The zero-order valence-electron chi connectivity index (χ0n) is 13.5. The van der Waals surface area contributed by atoms with E-state index in [4.69, 9.17) is 0 Å². The van der Waals surface area contributed by atoms with E-state index in [1.807, 2.05) is 40.3 Å². The standard InChI is InChI=1S/C17H23N3O2S/c1-23-15-7-3-2-6-14(15)17(22)19-9-4-5-13(12-19)20-10-8-18-11-16(20)21/h2-3,6-7,13,18H,4-5,8-12H2,1H3. The van der Waals surface area contributed by atoms with Gasteiger partial charge in [-0.2, -0.15) is 0 Å². The highest BCUT2D eigenvalue weighted by Gasteiger charge is 2.32. The van der Waals surface area contributed by atoms with Crippen molar-refractivity contribution in [3.05, 3.63) is 29.8 Å². The van der Waals surface area contributed by atoms with E-state index in [0.29, 0.717) is 13.1 Å². The molecule has 23 heavy (non-hydrogen) atoms. The van der Waals surface area contributed by atoms with Crippen LogP contribution in [0.15, 0.2) is 29.2 Å². The van der Waals surface area contributed by atoms with Crippen molar-refractivity contribution in [1.29, 1.82) is 0 Å². The van der Waals surface area contributed by atoms with Gasteiger partial charge in [0.25, 0.3) is 5.91 Å². The second-order valence-corrected chi connectivity index (χ2v) is 6.86. The van der Waals surface area contributed by atoms with Gasteiger partial charge in [-0.05, 0) is 31.2 Å². The van der Waals surface area contributed by atoms with Gasteiger partial charge < -0.3 is 15.1 Å². The summed E-state index contributed by atoms with van der Waals surface area (Å²) < 4.78 is 0. The average Bonchev–Trinajstić information content (AvgIpc) is 2.61. The summed E-state index contributed by atoms with van der Waals surface area (Å²) in [6, 6.07) is 7.91. The molecule has 0 spiro atoms. The van der Waals surface area contributed by atoms with Crippen molar-refractivity contribution in [3.8, 4) is 0 Å². The zero-order valence-corrected chi connectivity index (χ0v) is 14.3. The van der Waals surface area contributed by atoms with Crippen molar-refractivity contribution in [1.82, 2.24) is 15.1 Å². The first-order valence-electron chi connectivity index (χ1n) is 8.13. The summed E-state index contributed by atoms with van der Waals surface area (Å²) in [5.74, 6) is 0.238. The normalized spacial score (nSPS) is 22.3. The van der Waals surface area contributed by atoms with E-state index < -0.39 is 0 Å². The second-order valence-electron chi connectivity index (χ2n) is 6.01. The summed E-state index contributed by atoms with van der Waals surface area (Å²) in [6.45, 7) is 3.42. The first-order chi connectivity index (χ1) is 11.2. The molecule has 0 bridgehead atoms. The molecule has 6 heteroatoms. The molecule has 2 amide bonds. The first kappa shape index (κ1) is 16.3. The number of hydrogen-bond donors (Lipinski definition) is 1. The van der Waals surface area contributed by atoms with Gasteiger partial charge in [0.2, 0.25) is 5.91 Å². The number of rotatable bonds is 3. The molecule has 1 aromatic rings. The molecule has 1 N–H and O–H groups in total. The van der Waals surface area contributed by atoms with E-state index in [1.54, 1.807) is 11.8 Å². The minimum absolute atomic E-state index is 0.0854. The maximum Gasteiger partial charge on any atom is 0.255 e. The summed E-state index contributed by atoms with van der Waals surface area (Å²) in [5, 5.41) is 3.10. The Kier molecular flexibility index (Phi) is 5.23. The Morgan fingerprint density at radius 1 is 1.30 bits per heavy atom. The molecule has 2 aliphatic heterocycles. The highest BCUT2D eigenvalue weighted by molar-refractivity contribution is 7.98. The van der Waals surface area contributed by atoms with Gasteiger partial charge >= 0.3 is 0 Å². The predicted octanol–water partition coefficient (Wildman–Crippen LogP) is 1.44. The van der Waals surface area contributed by atoms with E-state index in [2.05, 4.69) is 5.32 Å². The molecule has 2 heterocycles. The lowest BCUT2D eigenvalue weighted by molar-refractivity contribution is -0.135. The molecular weight excluding hydrogens is 310 g/mol. The molecule has 0 saturated carbocycles. The van der Waals surface area contributed by atoms with Crippen LogP contribution in [-0.4, -0.2) is 66.6 Å². The number of piperazine rings is 1. The van der Waals surface area contributed by atoms with Gasteiger partial charge in [0, 0.05) is 37.1 Å². The van der Waals surface area contributed by atoms with Crippen LogP contribution in [0.25, 0.3) is 0 Å². The SMILES string of the molecule is CSc1ccccc1C(=O)N1CCCC(N2CCNCC2=O)C1. The molecule has 2 aliphatic rings. The summed E-state index contributed by atoms with van der Waals surface area (Å²) in [5.41, 5.74) is 0.771. The lowest BCUT2D eigenvalue weighted by atomic mass is 10.0. The largest absolute Gasteiger partial charge is 0.337 e. The van der Waals surface area contributed by atoms with Crippen LogP contribution in [0, 0.1) is 0 Å². The van der Waals surface area contributed by atoms with Gasteiger partial charge in [0.1, 0.15) is 0 Å². The maximum absolute atomic E-state index is 12.9. The monoisotopic (exact) mass is 333 g/mol. The van der Waals surface area contributed by atoms with Gasteiger partial charge in [-0.25, -0.2) is 0 Å².